The maximum absolute atomic E-state index is 13.3. The Balaban J connectivity index is 1.31. The second-order valence-corrected chi connectivity index (χ2v) is 9.10. The molecule has 190 valence electrons. The van der Waals surface area contributed by atoms with Crippen LogP contribution in [-0.4, -0.2) is 52.3 Å². The summed E-state index contributed by atoms with van der Waals surface area (Å²) in [4.78, 5) is 44.6. The fourth-order valence-corrected chi connectivity index (χ4v) is 4.06. The first kappa shape index (κ1) is 24.4. The molecule has 2 N–H and O–H groups in total. The molecule has 1 unspecified atom stereocenters. The molecular formula is C26H24ClN5O5. The number of ether oxygens (including phenoxy) is 2. The van der Waals surface area contributed by atoms with Crippen LogP contribution in [0.1, 0.15) is 28.8 Å². The smallest absolute Gasteiger partial charge is 0.339 e. The molecule has 1 saturated heterocycles. The van der Waals surface area contributed by atoms with Crippen LogP contribution in [0.2, 0.25) is 5.02 Å². The molecule has 11 heteroatoms. The Morgan fingerprint density at radius 3 is 2.49 bits per heavy atom. The van der Waals surface area contributed by atoms with Gasteiger partial charge in [0.1, 0.15) is 11.5 Å². The van der Waals surface area contributed by atoms with E-state index in [-0.39, 0.29) is 24.2 Å². The third-order valence-corrected chi connectivity index (χ3v) is 6.20. The van der Waals surface area contributed by atoms with Gasteiger partial charge in [0.05, 0.1) is 25.4 Å². The molecule has 4 amide bonds. The number of carbonyl (C=O) groups excluding carboxylic acids is 3. The molecule has 2 heterocycles. The molecule has 2 fully saturated rings. The van der Waals surface area contributed by atoms with E-state index in [1.54, 1.807) is 41.3 Å². The number of anilines is 1. The van der Waals surface area contributed by atoms with E-state index in [0.717, 1.165) is 18.4 Å². The number of nitrogens with zero attached hydrogens (tertiary/aromatic N) is 3. The second kappa shape index (κ2) is 10.4. The van der Waals surface area contributed by atoms with Crippen molar-refractivity contribution in [3.8, 4) is 11.5 Å². The van der Waals surface area contributed by atoms with E-state index in [9.17, 15) is 14.4 Å². The van der Waals surface area contributed by atoms with Gasteiger partial charge >= 0.3 is 18.0 Å². The van der Waals surface area contributed by atoms with Gasteiger partial charge < -0.3 is 14.8 Å². The molecule has 10 nitrogen and oxygen atoms in total. The summed E-state index contributed by atoms with van der Waals surface area (Å²) >= 11 is 6.01. The number of nitrogens with one attached hydrogen (secondary N) is 2. The number of esters is 1. The Bertz CT molecular complexity index is 1310. The van der Waals surface area contributed by atoms with Gasteiger partial charge in [0, 0.05) is 22.9 Å². The number of rotatable bonds is 8. The average molecular weight is 522 g/mol. The standard InChI is InChI=1S/C26H24ClN5O5/c1-36-23(33)17-12-22(14-28-13-17)37-21-10-6-19(7-11-21)29-24-30-25(34)32(20-8-9-20)26(35)31(24)15-16-2-4-18(27)5-3-16/h2-7,10-14,20,24,29H,8-9,15H2,1H3,(H,30,34). The topological polar surface area (TPSA) is 113 Å². The van der Waals surface area contributed by atoms with E-state index in [1.807, 2.05) is 12.1 Å². The molecule has 3 aromatic rings. The zero-order valence-electron chi connectivity index (χ0n) is 19.9. The van der Waals surface area contributed by atoms with E-state index < -0.39 is 18.3 Å². The number of amides is 4. The molecule has 1 aliphatic carbocycles. The Kier molecular flexibility index (Phi) is 6.82. The number of methoxy groups -OCH3 is 1. The molecule has 2 aliphatic rings. The maximum atomic E-state index is 13.3. The Morgan fingerprint density at radius 1 is 1.08 bits per heavy atom. The molecule has 0 bridgehead atoms. The number of halogens is 1. The van der Waals surface area contributed by atoms with Crippen molar-refractivity contribution in [2.24, 2.45) is 0 Å². The first-order valence-electron chi connectivity index (χ1n) is 11.6. The molecular weight excluding hydrogens is 498 g/mol. The Labute approximate surface area is 218 Å². The molecule has 0 radical (unpaired) electrons. The number of benzene rings is 2. The summed E-state index contributed by atoms with van der Waals surface area (Å²) in [6, 6.07) is 14.9. The van der Waals surface area contributed by atoms with Crippen molar-refractivity contribution in [3.05, 3.63) is 83.1 Å². The molecule has 37 heavy (non-hydrogen) atoms. The fourth-order valence-electron chi connectivity index (χ4n) is 3.93. The van der Waals surface area contributed by atoms with Gasteiger partial charge in [-0.25, -0.2) is 19.3 Å². The summed E-state index contributed by atoms with van der Waals surface area (Å²) in [5.74, 6) is 0.379. The van der Waals surface area contributed by atoms with Crippen LogP contribution < -0.4 is 15.4 Å². The number of urea groups is 2. The molecule has 1 aromatic heterocycles. The van der Waals surface area contributed by atoms with E-state index >= 15 is 0 Å². The number of hydrogen-bond donors (Lipinski definition) is 2. The van der Waals surface area contributed by atoms with Gasteiger partial charge in [-0.2, -0.15) is 0 Å². The van der Waals surface area contributed by atoms with Crippen LogP contribution in [0.15, 0.2) is 67.0 Å². The third-order valence-electron chi connectivity index (χ3n) is 5.95. The molecule has 0 spiro atoms. The van der Waals surface area contributed by atoms with Gasteiger partial charge in [-0.15, -0.1) is 0 Å². The normalized spacial score (nSPS) is 17.3. The molecule has 5 rings (SSSR count). The van der Waals surface area contributed by atoms with E-state index in [1.165, 1.54) is 30.5 Å². The highest BCUT2D eigenvalue weighted by atomic mass is 35.5. The quantitative estimate of drug-likeness (QED) is 0.408. The average Bonchev–Trinajstić information content (AvgIpc) is 3.73. The number of carbonyl (C=O) groups is 3. The minimum Gasteiger partial charge on any atom is -0.465 e. The highest BCUT2D eigenvalue weighted by molar-refractivity contribution is 6.30. The summed E-state index contributed by atoms with van der Waals surface area (Å²) in [6.07, 6.45) is 3.74. The molecule has 1 aliphatic heterocycles. The minimum atomic E-state index is -0.765. The van der Waals surface area contributed by atoms with Gasteiger partial charge in [0.15, 0.2) is 6.29 Å². The Morgan fingerprint density at radius 2 is 1.81 bits per heavy atom. The summed E-state index contributed by atoms with van der Waals surface area (Å²) in [7, 11) is 1.30. The number of aromatic nitrogens is 1. The summed E-state index contributed by atoms with van der Waals surface area (Å²) in [6.45, 7) is 0.280. The largest absolute Gasteiger partial charge is 0.465 e. The predicted molar refractivity (Wildman–Crippen MR) is 135 cm³/mol. The summed E-state index contributed by atoms with van der Waals surface area (Å²) < 4.78 is 10.5. The minimum absolute atomic E-state index is 0.0650. The van der Waals surface area contributed by atoms with Crippen LogP contribution in [0.5, 0.6) is 11.5 Å². The third kappa shape index (κ3) is 5.59. The van der Waals surface area contributed by atoms with Crippen LogP contribution >= 0.6 is 11.6 Å². The van der Waals surface area contributed by atoms with Crippen molar-refractivity contribution < 1.29 is 23.9 Å². The van der Waals surface area contributed by atoms with E-state index in [2.05, 4.69) is 15.6 Å². The lowest BCUT2D eigenvalue weighted by molar-refractivity contribution is 0.0599. The predicted octanol–water partition coefficient (Wildman–Crippen LogP) is 4.82. The van der Waals surface area contributed by atoms with Crippen LogP contribution in [0, 0.1) is 0 Å². The van der Waals surface area contributed by atoms with Crippen LogP contribution in [0.3, 0.4) is 0 Å². The van der Waals surface area contributed by atoms with Crippen molar-refractivity contribution >= 4 is 35.3 Å². The highest BCUT2D eigenvalue weighted by Crippen LogP contribution is 2.31. The number of pyridine rings is 1. The van der Waals surface area contributed by atoms with Crippen LogP contribution in [0.4, 0.5) is 15.3 Å². The first-order valence-corrected chi connectivity index (χ1v) is 12.0. The van der Waals surface area contributed by atoms with Crippen molar-refractivity contribution in [3.63, 3.8) is 0 Å². The summed E-state index contributed by atoms with van der Waals surface area (Å²) in [5.41, 5.74) is 1.81. The van der Waals surface area contributed by atoms with Gasteiger partial charge in [0.25, 0.3) is 0 Å². The lowest BCUT2D eigenvalue weighted by atomic mass is 10.2. The van der Waals surface area contributed by atoms with Gasteiger partial charge in [-0.1, -0.05) is 23.7 Å². The van der Waals surface area contributed by atoms with Crippen LogP contribution in [-0.2, 0) is 11.3 Å². The van der Waals surface area contributed by atoms with Crippen molar-refractivity contribution in [2.75, 3.05) is 12.4 Å². The van der Waals surface area contributed by atoms with E-state index in [0.29, 0.717) is 22.2 Å². The molecule has 2 aromatic carbocycles. The van der Waals surface area contributed by atoms with Crippen molar-refractivity contribution in [1.82, 2.24) is 20.1 Å². The fraction of sp³-hybridized carbons (Fsp3) is 0.231. The maximum Gasteiger partial charge on any atom is 0.339 e. The second-order valence-electron chi connectivity index (χ2n) is 8.66. The lowest BCUT2D eigenvalue weighted by Crippen LogP contribution is -2.67. The monoisotopic (exact) mass is 521 g/mol. The zero-order valence-corrected chi connectivity index (χ0v) is 20.6. The molecule has 1 atom stereocenters. The van der Waals surface area contributed by atoms with Crippen molar-refractivity contribution in [1.29, 1.82) is 0 Å². The van der Waals surface area contributed by atoms with Crippen molar-refractivity contribution in [2.45, 2.75) is 31.7 Å². The SMILES string of the molecule is COC(=O)c1cncc(Oc2ccc(NC3NC(=O)N(C4CC4)C(=O)N3Cc3ccc(Cl)cc3)cc2)c1. The lowest BCUT2D eigenvalue weighted by Gasteiger charge is -2.41. The first-order chi connectivity index (χ1) is 17.9. The van der Waals surface area contributed by atoms with Gasteiger partial charge in [-0.3, -0.25) is 15.2 Å². The van der Waals surface area contributed by atoms with Gasteiger partial charge in [-0.05, 0) is 60.9 Å². The zero-order chi connectivity index (χ0) is 25.9. The number of hydrogen-bond acceptors (Lipinski definition) is 7. The number of imide groups is 1. The summed E-state index contributed by atoms with van der Waals surface area (Å²) in [5, 5.41) is 6.72. The van der Waals surface area contributed by atoms with E-state index in [4.69, 9.17) is 21.1 Å². The van der Waals surface area contributed by atoms with Gasteiger partial charge in [0.2, 0.25) is 0 Å². The van der Waals surface area contributed by atoms with Crippen LogP contribution in [0.25, 0.3) is 0 Å². The Hall–Kier alpha value is -4.31. The highest BCUT2D eigenvalue weighted by Gasteiger charge is 2.45. The molecule has 1 saturated carbocycles.